The summed E-state index contributed by atoms with van der Waals surface area (Å²) in [4.78, 5) is 33.3. The Kier molecular flexibility index (Phi) is 10.1. The average Bonchev–Trinajstić information content (AvgIpc) is 3.41. The van der Waals surface area contributed by atoms with Crippen molar-refractivity contribution in [3.05, 3.63) is 148 Å². The van der Waals surface area contributed by atoms with Crippen LogP contribution >= 0.6 is 33.9 Å². The highest BCUT2D eigenvalue weighted by Crippen LogP contribution is 2.37. The molecule has 5 aromatic rings. The fraction of sp³-hybridized carbons (Fsp3) is 0.162. The second-order valence-electron chi connectivity index (χ2n) is 10.6. The third kappa shape index (κ3) is 6.65. The zero-order valence-electron chi connectivity index (χ0n) is 26.2. The minimum absolute atomic E-state index is 0.0227. The van der Waals surface area contributed by atoms with Crippen molar-refractivity contribution in [2.45, 2.75) is 19.6 Å². The molecular formula is C37H30FIN2O6S. The van der Waals surface area contributed by atoms with Crippen molar-refractivity contribution in [2.24, 2.45) is 4.99 Å². The highest BCUT2D eigenvalue weighted by molar-refractivity contribution is 14.1. The molecule has 4 aromatic carbocycles. The highest BCUT2D eigenvalue weighted by atomic mass is 127. The Labute approximate surface area is 293 Å². The number of carbonyl (C=O) groups is 1. The molecule has 8 nitrogen and oxygen atoms in total. The Morgan fingerprint density at radius 2 is 1.73 bits per heavy atom. The first-order chi connectivity index (χ1) is 23.3. The Hall–Kier alpha value is -4.75. The predicted octanol–water partition coefficient (Wildman–Crippen LogP) is 6.28. The van der Waals surface area contributed by atoms with Gasteiger partial charge in [-0.15, -0.1) is 0 Å². The van der Waals surface area contributed by atoms with E-state index in [4.69, 9.17) is 23.9 Å². The lowest BCUT2D eigenvalue weighted by Gasteiger charge is -2.26. The summed E-state index contributed by atoms with van der Waals surface area (Å²) in [5.74, 6) is 0.629. The molecule has 1 aliphatic rings. The van der Waals surface area contributed by atoms with E-state index in [1.54, 1.807) is 61.1 Å². The number of hydrogen-bond acceptors (Lipinski definition) is 8. The summed E-state index contributed by atoms with van der Waals surface area (Å²) in [6, 6.07) is 25.9. The maximum atomic E-state index is 14.3. The van der Waals surface area contributed by atoms with Crippen LogP contribution in [-0.4, -0.2) is 31.4 Å². The van der Waals surface area contributed by atoms with E-state index in [-0.39, 0.29) is 30.2 Å². The minimum Gasteiger partial charge on any atom is -0.497 e. The Balaban J connectivity index is 1.50. The molecule has 48 heavy (non-hydrogen) atoms. The van der Waals surface area contributed by atoms with Crippen molar-refractivity contribution in [1.82, 2.24) is 4.57 Å². The van der Waals surface area contributed by atoms with Crippen LogP contribution in [0.2, 0.25) is 0 Å². The lowest BCUT2D eigenvalue weighted by atomic mass is 9.93. The molecule has 0 N–H and O–H groups in total. The summed E-state index contributed by atoms with van der Waals surface area (Å²) in [7, 11) is 3.10. The standard InChI is InChI=1S/C37H30FIN2O6S/c1-4-46-36(43)31-32(23-10-6-5-7-11-23)40-37-41(33(31)24-14-16-26(44-2)17-15-24)35(42)30(48-37)20-22-18-28(39)34(29(19-22)45-3)47-21-25-12-8-9-13-27(25)38/h5-20,33H,4,21H2,1-3H3/b30-20-/t33-/m1/s1. The molecule has 11 heteroatoms. The fourth-order valence-corrected chi connectivity index (χ4v) is 7.20. The largest absolute Gasteiger partial charge is 0.497 e. The number of aromatic nitrogens is 1. The molecule has 0 saturated carbocycles. The van der Waals surface area contributed by atoms with Gasteiger partial charge in [-0.2, -0.15) is 0 Å². The maximum Gasteiger partial charge on any atom is 0.338 e. The van der Waals surface area contributed by atoms with Gasteiger partial charge in [-0.3, -0.25) is 9.36 Å². The number of fused-ring (bicyclic) bond motifs is 1. The van der Waals surface area contributed by atoms with Gasteiger partial charge in [0, 0.05) is 11.1 Å². The van der Waals surface area contributed by atoms with Crippen LogP contribution in [0.5, 0.6) is 17.2 Å². The monoisotopic (exact) mass is 776 g/mol. The molecule has 244 valence electrons. The van der Waals surface area contributed by atoms with Crippen LogP contribution in [0.1, 0.15) is 35.2 Å². The second kappa shape index (κ2) is 14.6. The molecule has 1 aromatic heterocycles. The summed E-state index contributed by atoms with van der Waals surface area (Å²) in [5, 5.41) is 0. The molecule has 0 unspecified atom stereocenters. The van der Waals surface area contributed by atoms with Crippen LogP contribution in [0.3, 0.4) is 0 Å². The van der Waals surface area contributed by atoms with E-state index >= 15 is 0 Å². The maximum absolute atomic E-state index is 14.3. The molecule has 1 aliphatic heterocycles. The molecule has 0 radical (unpaired) electrons. The normalized spacial score (nSPS) is 14.3. The van der Waals surface area contributed by atoms with Crippen LogP contribution in [-0.2, 0) is 16.1 Å². The number of ether oxygens (including phenoxy) is 4. The molecule has 0 bridgehead atoms. The minimum atomic E-state index is -0.813. The number of rotatable bonds is 10. The van der Waals surface area contributed by atoms with Gasteiger partial charge in [0.2, 0.25) is 0 Å². The second-order valence-corrected chi connectivity index (χ2v) is 12.8. The molecule has 0 saturated heterocycles. The van der Waals surface area contributed by atoms with Crippen LogP contribution in [0.15, 0.2) is 106 Å². The van der Waals surface area contributed by atoms with Gasteiger partial charge >= 0.3 is 5.97 Å². The number of nitrogens with zero attached hydrogens (tertiary/aromatic N) is 2. The molecule has 0 amide bonds. The third-order valence-electron chi connectivity index (χ3n) is 7.68. The van der Waals surface area contributed by atoms with E-state index in [0.717, 1.165) is 9.13 Å². The van der Waals surface area contributed by atoms with Crippen LogP contribution < -0.4 is 29.1 Å². The van der Waals surface area contributed by atoms with Gasteiger partial charge in [0.05, 0.1) is 46.2 Å². The zero-order valence-corrected chi connectivity index (χ0v) is 29.2. The Bertz CT molecular complexity index is 2200. The van der Waals surface area contributed by atoms with Crippen LogP contribution in [0.25, 0.3) is 11.8 Å². The van der Waals surface area contributed by atoms with Gasteiger partial charge in [-0.1, -0.05) is 72.0 Å². The molecule has 0 fully saturated rings. The van der Waals surface area contributed by atoms with E-state index in [1.165, 1.54) is 24.5 Å². The quantitative estimate of drug-likeness (QED) is 0.123. The Morgan fingerprint density at radius 3 is 2.42 bits per heavy atom. The first-order valence-electron chi connectivity index (χ1n) is 15.0. The van der Waals surface area contributed by atoms with Gasteiger partial charge in [0.25, 0.3) is 5.56 Å². The number of esters is 1. The number of carbonyl (C=O) groups excluding carboxylic acids is 1. The highest BCUT2D eigenvalue weighted by Gasteiger charge is 2.35. The first kappa shape index (κ1) is 33.2. The van der Waals surface area contributed by atoms with Gasteiger partial charge in [-0.05, 0) is 77.0 Å². The number of halogens is 2. The number of hydrogen-bond donors (Lipinski definition) is 0. The van der Waals surface area contributed by atoms with Crippen molar-refractivity contribution >= 4 is 51.7 Å². The van der Waals surface area contributed by atoms with Crippen molar-refractivity contribution in [2.75, 3.05) is 20.8 Å². The summed E-state index contributed by atoms with van der Waals surface area (Å²) < 4.78 is 39.4. The molecular weight excluding hydrogens is 746 g/mol. The molecule has 0 aliphatic carbocycles. The summed E-state index contributed by atoms with van der Waals surface area (Å²) in [5.41, 5.74) is 2.92. The van der Waals surface area contributed by atoms with Crippen molar-refractivity contribution < 1.29 is 28.1 Å². The lowest BCUT2D eigenvalue weighted by molar-refractivity contribution is -0.138. The van der Waals surface area contributed by atoms with Crippen LogP contribution in [0.4, 0.5) is 4.39 Å². The van der Waals surface area contributed by atoms with E-state index < -0.39 is 12.0 Å². The summed E-state index contributed by atoms with van der Waals surface area (Å²) in [6.07, 6.45) is 1.76. The third-order valence-corrected chi connectivity index (χ3v) is 9.47. The smallest absolute Gasteiger partial charge is 0.338 e. The summed E-state index contributed by atoms with van der Waals surface area (Å²) >= 11 is 3.35. The van der Waals surface area contributed by atoms with Gasteiger partial charge in [0.15, 0.2) is 16.3 Å². The van der Waals surface area contributed by atoms with Crippen molar-refractivity contribution in [1.29, 1.82) is 0 Å². The average molecular weight is 777 g/mol. The van der Waals surface area contributed by atoms with Gasteiger partial charge in [0.1, 0.15) is 18.2 Å². The zero-order chi connectivity index (χ0) is 33.8. The number of thiazole rings is 1. The van der Waals surface area contributed by atoms with Crippen molar-refractivity contribution in [3.8, 4) is 17.2 Å². The molecule has 2 heterocycles. The van der Waals surface area contributed by atoms with Crippen LogP contribution in [0, 0.1) is 9.39 Å². The van der Waals surface area contributed by atoms with E-state index in [9.17, 15) is 14.0 Å². The lowest BCUT2D eigenvalue weighted by Crippen LogP contribution is -2.40. The van der Waals surface area contributed by atoms with E-state index in [0.29, 0.717) is 49.0 Å². The summed E-state index contributed by atoms with van der Waals surface area (Å²) in [6.45, 7) is 1.92. The van der Waals surface area contributed by atoms with Crippen molar-refractivity contribution in [3.63, 3.8) is 0 Å². The predicted molar refractivity (Wildman–Crippen MR) is 190 cm³/mol. The number of benzene rings is 4. The molecule has 0 spiro atoms. The number of methoxy groups -OCH3 is 2. The van der Waals surface area contributed by atoms with Gasteiger partial charge in [-0.25, -0.2) is 14.2 Å². The topological polar surface area (TPSA) is 88.4 Å². The van der Waals surface area contributed by atoms with E-state index in [1.807, 2.05) is 48.5 Å². The van der Waals surface area contributed by atoms with E-state index in [2.05, 4.69) is 22.6 Å². The Morgan fingerprint density at radius 1 is 1.00 bits per heavy atom. The first-order valence-corrected chi connectivity index (χ1v) is 16.9. The SMILES string of the molecule is CCOC(=O)C1=C(c2ccccc2)N=c2s/c(=C\c3cc(I)c(OCc4ccccc4F)c(OC)c3)c(=O)n2[C@@H]1c1ccc(OC)cc1. The fourth-order valence-electron chi connectivity index (χ4n) is 5.42. The molecule has 6 rings (SSSR count). The van der Waals surface area contributed by atoms with Gasteiger partial charge < -0.3 is 18.9 Å². The molecule has 1 atom stereocenters.